The summed E-state index contributed by atoms with van der Waals surface area (Å²) in [5.74, 6) is 0.0590. The van der Waals surface area contributed by atoms with Crippen LogP contribution in [0.3, 0.4) is 0 Å². The first-order chi connectivity index (χ1) is 12.3. The lowest BCUT2D eigenvalue weighted by molar-refractivity contribution is 0.103. The standard InChI is InChI=1S/C24H18O/c1-17-20-12-6-5-9-18(20)15-16-21(17)22-13-7-8-14-23(22)24(25)19-10-3-2-4-11-19/h2-16H,1H3. The zero-order valence-electron chi connectivity index (χ0n) is 14.1. The third-order valence-corrected chi connectivity index (χ3v) is 4.70. The fourth-order valence-electron chi connectivity index (χ4n) is 3.38. The van der Waals surface area contributed by atoms with Gasteiger partial charge in [-0.15, -0.1) is 0 Å². The number of carbonyl (C=O) groups is 1. The minimum Gasteiger partial charge on any atom is -0.289 e. The third kappa shape index (κ3) is 2.74. The molecule has 4 aromatic carbocycles. The predicted molar refractivity (Wildman–Crippen MR) is 104 cm³/mol. The van der Waals surface area contributed by atoms with Crippen molar-refractivity contribution in [2.45, 2.75) is 6.92 Å². The molecule has 1 nitrogen and oxygen atoms in total. The van der Waals surface area contributed by atoms with E-state index in [-0.39, 0.29) is 5.78 Å². The first-order valence-electron chi connectivity index (χ1n) is 8.43. The summed E-state index contributed by atoms with van der Waals surface area (Å²) in [6, 6.07) is 29.9. The summed E-state index contributed by atoms with van der Waals surface area (Å²) in [7, 11) is 0. The van der Waals surface area contributed by atoms with Gasteiger partial charge in [0.05, 0.1) is 0 Å². The second kappa shape index (κ2) is 6.37. The second-order valence-corrected chi connectivity index (χ2v) is 6.20. The number of hydrogen-bond donors (Lipinski definition) is 0. The van der Waals surface area contributed by atoms with Gasteiger partial charge in [0.2, 0.25) is 0 Å². The van der Waals surface area contributed by atoms with Crippen molar-refractivity contribution in [3.63, 3.8) is 0 Å². The van der Waals surface area contributed by atoms with E-state index in [4.69, 9.17) is 0 Å². The smallest absolute Gasteiger partial charge is 0.193 e. The highest BCUT2D eigenvalue weighted by molar-refractivity contribution is 6.13. The van der Waals surface area contributed by atoms with Gasteiger partial charge in [-0.1, -0.05) is 91.0 Å². The van der Waals surface area contributed by atoms with Crippen LogP contribution in [-0.4, -0.2) is 5.78 Å². The van der Waals surface area contributed by atoms with Crippen molar-refractivity contribution in [3.05, 3.63) is 108 Å². The van der Waals surface area contributed by atoms with Crippen molar-refractivity contribution in [2.75, 3.05) is 0 Å². The molecular weight excluding hydrogens is 304 g/mol. The molecule has 0 aromatic heterocycles. The summed E-state index contributed by atoms with van der Waals surface area (Å²) in [4.78, 5) is 13.0. The number of fused-ring (bicyclic) bond motifs is 1. The molecule has 0 unspecified atom stereocenters. The maximum Gasteiger partial charge on any atom is 0.193 e. The molecular formula is C24H18O. The maximum absolute atomic E-state index is 13.0. The van der Waals surface area contributed by atoms with Crippen molar-refractivity contribution in [3.8, 4) is 11.1 Å². The number of benzene rings is 4. The molecule has 0 spiro atoms. The molecule has 25 heavy (non-hydrogen) atoms. The molecule has 0 aliphatic heterocycles. The van der Waals surface area contributed by atoms with E-state index in [0.717, 1.165) is 16.7 Å². The van der Waals surface area contributed by atoms with E-state index in [2.05, 4.69) is 37.3 Å². The quantitative estimate of drug-likeness (QED) is 0.420. The van der Waals surface area contributed by atoms with E-state index in [0.29, 0.717) is 5.56 Å². The van der Waals surface area contributed by atoms with E-state index < -0.39 is 0 Å². The Morgan fingerprint density at radius 2 is 1.32 bits per heavy atom. The summed E-state index contributed by atoms with van der Waals surface area (Å²) in [6.07, 6.45) is 0. The normalized spacial score (nSPS) is 10.8. The molecule has 0 fully saturated rings. The van der Waals surface area contributed by atoms with Gasteiger partial charge in [-0.05, 0) is 34.4 Å². The molecule has 0 saturated heterocycles. The summed E-state index contributed by atoms with van der Waals surface area (Å²) < 4.78 is 0. The highest BCUT2D eigenvalue weighted by Gasteiger charge is 2.16. The van der Waals surface area contributed by atoms with Crippen LogP contribution in [0.4, 0.5) is 0 Å². The Kier molecular flexibility index (Phi) is 3.91. The largest absolute Gasteiger partial charge is 0.289 e. The van der Waals surface area contributed by atoms with E-state index in [1.165, 1.54) is 16.3 Å². The minimum absolute atomic E-state index is 0.0590. The Bertz CT molecular complexity index is 1060. The van der Waals surface area contributed by atoms with E-state index in [9.17, 15) is 4.79 Å². The summed E-state index contributed by atoms with van der Waals surface area (Å²) >= 11 is 0. The Hall–Kier alpha value is -3.19. The van der Waals surface area contributed by atoms with Crippen molar-refractivity contribution in [2.24, 2.45) is 0 Å². The number of rotatable bonds is 3. The Morgan fingerprint density at radius 1 is 0.640 bits per heavy atom. The molecule has 0 N–H and O–H groups in total. The Labute approximate surface area is 147 Å². The highest BCUT2D eigenvalue weighted by Crippen LogP contribution is 2.32. The van der Waals surface area contributed by atoms with Gasteiger partial charge in [0.1, 0.15) is 0 Å². The van der Waals surface area contributed by atoms with Crippen LogP contribution in [0.1, 0.15) is 21.5 Å². The predicted octanol–water partition coefficient (Wildman–Crippen LogP) is 6.05. The van der Waals surface area contributed by atoms with Crippen LogP contribution in [0, 0.1) is 6.92 Å². The minimum atomic E-state index is 0.0590. The molecule has 0 radical (unpaired) electrons. The summed E-state index contributed by atoms with van der Waals surface area (Å²) in [5.41, 5.74) is 4.75. The molecule has 0 saturated carbocycles. The average Bonchev–Trinajstić information content (AvgIpc) is 2.69. The second-order valence-electron chi connectivity index (χ2n) is 6.20. The van der Waals surface area contributed by atoms with Crippen molar-refractivity contribution >= 4 is 16.6 Å². The summed E-state index contributed by atoms with van der Waals surface area (Å²) in [6.45, 7) is 2.13. The Morgan fingerprint density at radius 3 is 2.16 bits per heavy atom. The molecule has 4 rings (SSSR count). The maximum atomic E-state index is 13.0. The van der Waals surface area contributed by atoms with Gasteiger partial charge in [0.25, 0.3) is 0 Å². The van der Waals surface area contributed by atoms with E-state index in [1.807, 2.05) is 60.7 Å². The molecule has 4 aromatic rings. The first-order valence-corrected chi connectivity index (χ1v) is 8.43. The lowest BCUT2D eigenvalue weighted by Crippen LogP contribution is -2.03. The topological polar surface area (TPSA) is 17.1 Å². The number of hydrogen-bond acceptors (Lipinski definition) is 1. The third-order valence-electron chi connectivity index (χ3n) is 4.70. The monoisotopic (exact) mass is 322 g/mol. The van der Waals surface area contributed by atoms with Gasteiger partial charge >= 0.3 is 0 Å². The molecule has 120 valence electrons. The summed E-state index contributed by atoms with van der Waals surface area (Å²) in [5, 5.41) is 2.44. The highest BCUT2D eigenvalue weighted by atomic mass is 16.1. The molecule has 0 amide bonds. The van der Waals surface area contributed by atoms with Crippen molar-refractivity contribution in [1.29, 1.82) is 0 Å². The van der Waals surface area contributed by atoms with Crippen LogP contribution >= 0.6 is 0 Å². The molecule has 1 heteroatoms. The lowest BCUT2D eigenvalue weighted by atomic mass is 9.89. The molecule has 0 bridgehead atoms. The van der Waals surface area contributed by atoms with Gasteiger partial charge in [0, 0.05) is 11.1 Å². The fraction of sp³-hybridized carbons (Fsp3) is 0.0417. The van der Waals surface area contributed by atoms with Gasteiger partial charge < -0.3 is 0 Å². The van der Waals surface area contributed by atoms with Crippen LogP contribution < -0.4 is 0 Å². The van der Waals surface area contributed by atoms with Crippen molar-refractivity contribution in [1.82, 2.24) is 0 Å². The zero-order valence-corrected chi connectivity index (χ0v) is 14.1. The van der Waals surface area contributed by atoms with Gasteiger partial charge in [-0.2, -0.15) is 0 Å². The zero-order chi connectivity index (χ0) is 17.2. The van der Waals surface area contributed by atoms with Crippen LogP contribution in [0.15, 0.2) is 91.0 Å². The van der Waals surface area contributed by atoms with Gasteiger partial charge in [0.15, 0.2) is 5.78 Å². The lowest BCUT2D eigenvalue weighted by Gasteiger charge is -2.13. The Balaban J connectivity index is 1.90. The van der Waals surface area contributed by atoms with Crippen LogP contribution in [-0.2, 0) is 0 Å². The molecule has 0 atom stereocenters. The van der Waals surface area contributed by atoms with Crippen LogP contribution in [0.5, 0.6) is 0 Å². The average molecular weight is 322 g/mol. The fourth-order valence-corrected chi connectivity index (χ4v) is 3.38. The molecule has 0 aliphatic carbocycles. The SMILES string of the molecule is Cc1c(-c2ccccc2C(=O)c2ccccc2)ccc2ccccc12. The number of aryl methyl sites for hydroxylation is 1. The molecule has 0 heterocycles. The van der Waals surface area contributed by atoms with E-state index in [1.54, 1.807) is 0 Å². The number of ketones is 1. The van der Waals surface area contributed by atoms with Gasteiger partial charge in [-0.3, -0.25) is 4.79 Å². The molecule has 0 aliphatic rings. The first kappa shape index (κ1) is 15.3. The number of carbonyl (C=O) groups excluding carboxylic acids is 1. The van der Waals surface area contributed by atoms with Crippen molar-refractivity contribution < 1.29 is 4.79 Å². The van der Waals surface area contributed by atoms with Crippen LogP contribution in [0.2, 0.25) is 0 Å². The van der Waals surface area contributed by atoms with Gasteiger partial charge in [-0.25, -0.2) is 0 Å². The van der Waals surface area contributed by atoms with E-state index >= 15 is 0 Å². The van der Waals surface area contributed by atoms with Crippen LogP contribution in [0.25, 0.3) is 21.9 Å².